The highest BCUT2D eigenvalue weighted by Gasteiger charge is 2.22. The lowest BCUT2D eigenvalue weighted by Gasteiger charge is -2.22. The molecule has 0 aliphatic carbocycles. The minimum atomic E-state index is -0.705. The van der Waals surface area contributed by atoms with Crippen LogP contribution in [0.2, 0.25) is 0 Å². The summed E-state index contributed by atoms with van der Waals surface area (Å²) in [6.45, 7) is 7.38. The van der Waals surface area contributed by atoms with E-state index in [0.717, 1.165) is 37.7 Å². The lowest BCUT2D eigenvalue weighted by Crippen LogP contribution is -2.49. The first-order valence-corrected chi connectivity index (χ1v) is 22.2. The van der Waals surface area contributed by atoms with E-state index in [1.165, 1.54) is 135 Å². The smallest absolute Gasteiger partial charge is 0.408 e. The second kappa shape index (κ2) is 40.8. The van der Waals surface area contributed by atoms with Crippen LogP contribution in [0.5, 0.6) is 0 Å². The maximum atomic E-state index is 13.3. The van der Waals surface area contributed by atoms with Crippen molar-refractivity contribution in [1.82, 2.24) is 10.6 Å². The molecule has 1 aromatic carbocycles. The van der Waals surface area contributed by atoms with Crippen LogP contribution < -0.4 is 16.4 Å². The van der Waals surface area contributed by atoms with Gasteiger partial charge in [0.15, 0.2) is 0 Å². The summed E-state index contributed by atoms with van der Waals surface area (Å²) in [7, 11) is 0. The predicted molar refractivity (Wildman–Crippen MR) is 229 cm³/mol. The monoisotopic (exact) mass is 782 g/mol. The molecule has 8 nitrogen and oxygen atoms in total. The van der Waals surface area contributed by atoms with Crippen molar-refractivity contribution in [1.29, 1.82) is 0 Å². The van der Waals surface area contributed by atoms with Gasteiger partial charge in [-0.2, -0.15) is 0 Å². The summed E-state index contributed by atoms with van der Waals surface area (Å²) in [5.41, 5.74) is 6.60. The Kier molecular flexibility index (Phi) is 39.4. The molecule has 316 valence electrons. The van der Waals surface area contributed by atoms with Gasteiger partial charge in [0.05, 0.1) is 12.7 Å². The molecule has 1 unspecified atom stereocenters. The minimum Gasteiger partial charge on any atom is -0.445 e. The van der Waals surface area contributed by atoms with Gasteiger partial charge in [0.1, 0.15) is 12.6 Å². The standard InChI is InChI=1S/C45H83N3O5.ClH/c1-3-5-7-9-11-13-15-17-19-21-23-30-36-51-40-42(52-37-31-24-22-20-18-16-14-12-10-8-6-4-2)38-47-44(49)43(34-28-29-35-46)48-45(50)53-39-41-32-26-25-27-33-41;/h25-27,32-33,42-43H,3-24,28-31,34-40,46H2,1-2H3,(H,47,49)(H,48,50);1H/t42?,43-;/m1./s1. The van der Waals surface area contributed by atoms with Crippen LogP contribution in [0.25, 0.3) is 0 Å². The van der Waals surface area contributed by atoms with Crippen molar-refractivity contribution in [2.75, 3.05) is 32.9 Å². The zero-order valence-corrected chi connectivity index (χ0v) is 35.7. The summed E-state index contributed by atoms with van der Waals surface area (Å²) in [5, 5.41) is 5.82. The van der Waals surface area contributed by atoms with E-state index >= 15 is 0 Å². The van der Waals surface area contributed by atoms with Crippen molar-refractivity contribution in [2.24, 2.45) is 5.73 Å². The quantitative estimate of drug-likeness (QED) is 0.0573. The lowest BCUT2D eigenvalue weighted by atomic mass is 10.1. The molecule has 0 aliphatic rings. The van der Waals surface area contributed by atoms with Gasteiger partial charge in [-0.05, 0) is 44.2 Å². The Labute approximate surface area is 338 Å². The second-order valence-electron chi connectivity index (χ2n) is 15.1. The molecule has 2 amide bonds. The number of hydrogen-bond acceptors (Lipinski definition) is 6. The van der Waals surface area contributed by atoms with E-state index in [4.69, 9.17) is 19.9 Å². The highest BCUT2D eigenvalue weighted by atomic mass is 35.5. The van der Waals surface area contributed by atoms with Crippen molar-refractivity contribution in [2.45, 2.75) is 206 Å². The number of carbonyl (C=O) groups is 2. The van der Waals surface area contributed by atoms with Crippen LogP contribution in [0.3, 0.4) is 0 Å². The fourth-order valence-corrected chi connectivity index (χ4v) is 6.63. The van der Waals surface area contributed by atoms with Gasteiger partial charge in [-0.1, -0.05) is 185 Å². The topological polar surface area (TPSA) is 112 Å². The van der Waals surface area contributed by atoms with Crippen LogP contribution in [-0.4, -0.2) is 57.1 Å². The SMILES string of the molecule is CCCCCCCCCCCCCCOCC(CNC(=O)[C@@H](CCCCN)NC(=O)OCc1ccccc1)OCCCCCCCCCCCCCC.Cl. The number of benzene rings is 1. The Morgan fingerprint density at radius 3 is 1.61 bits per heavy atom. The molecule has 0 spiro atoms. The van der Waals surface area contributed by atoms with E-state index in [2.05, 4.69) is 24.5 Å². The van der Waals surface area contributed by atoms with Crippen molar-refractivity contribution >= 4 is 24.4 Å². The zero-order chi connectivity index (χ0) is 38.3. The van der Waals surface area contributed by atoms with Crippen molar-refractivity contribution in [3.8, 4) is 0 Å². The van der Waals surface area contributed by atoms with Crippen LogP contribution in [-0.2, 0) is 25.6 Å². The molecule has 0 saturated carbocycles. The van der Waals surface area contributed by atoms with Gasteiger partial charge in [0, 0.05) is 19.8 Å². The number of hydrogen-bond donors (Lipinski definition) is 3. The van der Waals surface area contributed by atoms with Crippen molar-refractivity contribution < 1.29 is 23.8 Å². The van der Waals surface area contributed by atoms with E-state index in [1.807, 2.05) is 30.3 Å². The maximum Gasteiger partial charge on any atom is 0.408 e. The first-order valence-electron chi connectivity index (χ1n) is 22.2. The van der Waals surface area contributed by atoms with Gasteiger partial charge >= 0.3 is 6.09 Å². The van der Waals surface area contributed by atoms with Crippen LogP contribution >= 0.6 is 12.4 Å². The number of ether oxygens (including phenoxy) is 3. The Hall–Kier alpha value is -1.87. The van der Waals surface area contributed by atoms with E-state index < -0.39 is 12.1 Å². The number of rotatable bonds is 39. The highest BCUT2D eigenvalue weighted by molar-refractivity contribution is 5.85. The number of carbonyl (C=O) groups excluding carboxylic acids is 2. The molecular formula is C45H84ClN3O5. The lowest BCUT2D eigenvalue weighted by molar-refractivity contribution is -0.124. The van der Waals surface area contributed by atoms with Gasteiger partial charge in [0.25, 0.3) is 0 Å². The summed E-state index contributed by atoms with van der Waals surface area (Å²) in [6.07, 6.45) is 32.6. The maximum absolute atomic E-state index is 13.3. The number of nitrogens with one attached hydrogen (secondary N) is 2. The molecule has 2 atom stereocenters. The Morgan fingerprint density at radius 2 is 1.11 bits per heavy atom. The van der Waals surface area contributed by atoms with Gasteiger partial charge < -0.3 is 30.6 Å². The molecule has 0 aliphatic heterocycles. The second-order valence-corrected chi connectivity index (χ2v) is 15.1. The van der Waals surface area contributed by atoms with E-state index in [1.54, 1.807) is 0 Å². The molecule has 1 rings (SSSR count). The Bertz CT molecular complexity index is 941. The molecule has 0 saturated heterocycles. The molecule has 0 heterocycles. The summed E-state index contributed by atoms with van der Waals surface area (Å²) >= 11 is 0. The Balaban J connectivity index is 0.0000281. The zero-order valence-electron chi connectivity index (χ0n) is 34.9. The summed E-state index contributed by atoms with van der Waals surface area (Å²) in [5.74, 6) is -0.237. The van der Waals surface area contributed by atoms with Crippen LogP contribution in [0, 0.1) is 0 Å². The third-order valence-electron chi connectivity index (χ3n) is 10.1. The first-order chi connectivity index (χ1) is 26.1. The van der Waals surface area contributed by atoms with Crippen molar-refractivity contribution in [3.63, 3.8) is 0 Å². The third kappa shape index (κ3) is 33.5. The highest BCUT2D eigenvalue weighted by Crippen LogP contribution is 2.14. The van der Waals surface area contributed by atoms with Crippen LogP contribution in [0.4, 0.5) is 4.79 Å². The van der Waals surface area contributed by atoms with E-state index in [-0.39, 0.29) is 31.0 Å². The molecule has 54 heavy (non-hydrogen) atoms. The van der Waals surface area contributed by atoms with Crippen LogP contribution in [0.15, 0.2) is 30.3 Å². The van der Waals surface area contributed by atoms with Gasteiger partial charge in [-0.3, -0.25) is 4.79 Å². The van der Waals surface area contributed by atoms with Crippen molar-refractivity contribution in [3.05, 3.63) is 35.9 Å². The predicted octanol–water partition coefficient (Wildman–Crippen LogP) is 11.8. The summed E-state index contributed by atoms with van der Waals surface area (Å²) in [6, 6.07) is 8.81. The Morgan fingerprint density at radius 1 is 0.630 bits per heavy atom. The molecular weight excluding hydrogens is 698 g/mol. The third-order valence-corrected chi connectivity index (χ3v) is 10.1. The van der Waals surface area contributed by atoms with Gasteiger partial charge in [-0.25, -0.2) is 4.79 Å². The average molecular weight is 783 g/mol. The molecule has 0 radical (unpaired) electrons. The molecule has 0 fully saturated rings. The number of amides is 2. The molecule has 0 aromatic heterocycles. The van der Waals surface area contributed by atoms with Gasteiger partial charge in [0.2, 0.25) is 5.91 Å². The number of halogens is 1. The van der Waals surface area contributed by atoms with E-state index in [0.29, 0.717) is 39.3 Å². The fourth-order valence-electron chi connectivity index (χ4n) is 6.63. The average Bonchev–Trinajstić information content (AvgIpc) is 3.17. The summed E-state index contributed by atoms with van der Waals surface area (Å²) < 4.78 is 17.8. The fraction of sp³-hybridized carbons (Fsp3) is 0.822. The van der Waals surface area contributed by atoms with Gasteiger partial charge in [-0.15, -0.1) is 12.4 Å². The largest absolute Gasteiger partial charge is 0.445 e. The normalized spacial score (nSPS) is 12.2. The molecule has 0 bridgehead atoms. The number of alkyl carbamates (subject to hydrolysis) is 1. The first kappa shape index (κ1) is 52.1. The molecule has 1 aromatic rings. The molecule has 9 heteroatoms. The van der Waals surface area contributed by atoms with E-state index in [9.17, 15) is 9.59 Å². The number of unbranched alkanes of at least 4 members (excludes halogenated alkanes) is 23. The van der Waals surface area contributed by atoms with Crippen LogP contribution in [0.1, 0.15) is 193 Å². The summed E-state index contributed by atoms with van der Waals surface area (Å²) in [4.78, 5) is 26.0. The number of nitrogens with two attached hydrogens (primary N) is 1. The molecule has 4 N–H and O–H groups in total. The minimum absolute atomic E-state index is 0.